The van der Waals surface area contributed by atoms with E-state index in [0.717, 1.165) is 53.9 Å². The predicted molar refractivity (Wildman–Crippen MR) is 119 cm³/mol. The summed E-state index contributed by atoms with van der Waals surface area (Å²) < 4.78 is 1.89. The minimum Gasteiger partial charge on any atom is -0.353 e. The highest BCUT2D eigenvalue weighted by Gasteiger charge is 2.15. The molecule has 2 N–H and O–H groups in total. The van der Waals surface area contributed by atoms with Crippen LogP contribution in [0.3, 0.4) is 0 Å². The summed E-state index contributed by atoms with van der Waals surface area (Å²) in [6.07, 6.45) is 1.80. The van der Waals surface area contributed by atoms with Crippen molar-refractivity contribution in [2.75, 3.05) is 36.4 Å². The molecule has 0 unspecified atom stereocenters. The van der Waals surface area contributed by atoms with E-state index < -0.39 is 0 Å². The number of aromatic nitrogens is 7. The number of hydrogen-bond acceptors (Lipinski definition) is 9. The largest absolute Gasteiger partial charge is 0.353 e. The summed E-state index contributed by atoms with van der Waals surface area (Å²) in [5.74, 6) is 1.95. The zero-order chi connectivity index (χ0) is 19.8. The molecule has 10 nitrogen and oxygen atoms in total. The van der Waals surface area contributed by atoms with Crippen LogP contribution in [0.4, 0.5) is 17.6 Å². The number of nitrogens with one attached hydrogen (secondary N) is 2. The Morgan fingerprint density at radius 3 is 2.60 bits per heavy atom. The van der Waals surface area contributed by atoms with Crippen LogP contribution in [0.25, 0.3) is 21.9 Å². The molecule has 30 heavy (non-hydrogen) atoms. The van der Waals surface area contributed by atoms with Crippen molar-refractivity contribution in [2.45, 2.75) is 19.9 Å². The van der Waals surface area contributed by atoms with Crippen LogP contribution in [0.15, 0.2) is 30.5 Å². The average Bonchev–Trinajstić information content (AvgIpc) is 3.20. The second-order valence-corrected chi connectivity index (χ2v) is 7.33. The molecule has 0 bridgehead atoms. The maximum absolute atomic E-state index is 4.72. The lowest BCUT2D eigenvalue weighted by molar-refractivity contribution is 0.531. The Labute approximate surface area is 179 Å². The van der Waals surface area contributed by atoms with Gasteiger partial charge in [-0.2, -0.15) is 0 Å². The molecule has 156 valence electrons. The molecule has 4 aromatic rings. The lowest BCUT2D eigenvalue weighted by Gasteiger charge is -2.27. The third kappa shape index (κ3) is 3.71. The lowest BCUT2D eigenvalue weighted by Crippen LogP contribution is -2.43. The molecule has 1 aliphatic rings. The Kier molecular flexibility index (Phi) is 5.60. The van der Waals surface area contributed by atoms with Gasteiger partial charge in [-0.3, -0.25) is 0 Å². The van der Waals surface area contributed by atoms with E-state index in [1.807, 2.05) is 28.9 Å². The van der Waals surface area contributed by atoms with Crippen LogP contribution in [-0.4, -0.2) is 61.3 Å². The van der Waals surface area contributed by atoms with Gasteiger partial charge in [0, 0.05) is 43.8 Å². The van der Waals surface area contributed by atoms with Crippen LogP contribution in [0.2, 0.25) is 0 Å². The molecule has 0 spiro atoms. The zero-order valence-electron chi connectivity index (χ0n) is 16.8. The van der Waals surface area contributed by atoms with Crippen LogP contribution in [0, 0.1) is 0 Å². The number of rotatable bonds is 4. The van der Waals surface area contributed by atoms with Crippen molar-refractivity contribution in [1.29, 1.82) is 0 Å². The molecular weight excluding hydrogens is 404 g/mol. The van der Waals surface area contributed by atoms with Gasteiger partial charge in [-0.05, 0) is 38.1 Å². The lowest BCUT2D eigenvalue weighted by atomic mass is 10.2. The smallest absolute Gasteiger partial charge is 0.229 e. The minimum atomic E-state index is 0. The van der Waals surface area contributed by atoms with Crippen molar-refractivity contribution >= 4 is 51.9 Å². The highest BCUT2D eigenvalue weighted by Crippen LogP contribution is 2.25. The van der Waals surface area contributed by atoms with E-state index in [-0.39, 0.29) is 18.4 Å². The quantitative estimate of drug-likeness (QED) is 0.507. The van der Waals surface area contributed by atoms with Crippen molar-refractivity contribution in [2.24, 2.45) is 0 Å². The summed E-state index contributed by atoms with van der Waals surface area (Å²) in [4.78, 5) is 11.4. The van der Waals surface area contributed by atoms with Gasteiger partial charge in [0.2, 0.25) is 5.95 Å². The number of benzene rings is 1. The Balaban J connectivity index is 0.00000218. The summed E-state index contributed by atoms with van der Waals surface area (Å²) in [5, 5.41) is 24.6. The highest BCUT2D eigenvalue weighted by molar-refractivity contribution is 6.01. The molecule has 1 aliphatic heterocycles. The van der Waals surface area contributed by atoms with E-state index in [4.69, 9.17) is 4.98 Å². The molecule has 0 aliphatic carbocycles. The molecule has 0 saturated carbocycles. The Morgan fingerprint density at radius 2 is 1.87 bits per heavy atom. The number of nitrogens with zero attached hydrogens (tertiary/aromatic N) is 8. The molecule has 1 saturated heterocycles. The number of anilines is 3. The summed E-state index contributed by atoms with van der Waals surface area (Å²) in [7, 11) is 0. The van der Waals surface area contributed by atoms with Gasteiger partial charge < -0.3 is 15.5 Å². The summed E-state index contributed by atoms with van der Waals surface area (Å²) in [5.41, 5.74) is 2.53. The fraction of sp³-hybridized carbons (Fsp3) is 0.368. The first-order chi connectivity index (χ1) is 14.2. The normalized spacial score (nSPS) is 14.3. The summed E-state index contributed by atoms with van der Waals surface area (Å²) in [6, 6.07) is 7.96. The van der Waals surface area contributed by atoms with Crippen LogP contribution in [0.1, 0.15) is 19.9 Å². The third-order valence-corrected chi connectivity index (χ3v) is 5.00. The fourth-order valence-corrected chi connectivity index (χ4v) is 3.51. The highest BCUT2D eigenvalue weighted by atomic mass is 35.5. The Hall–Kier alpha value is -3.11. The topological polar surface area (TPSA) is 110 Å². The van der Waals surface area contributed by atoms with Crippen LogP contribution in [0.5, 0.6) is 0 Å². The SMILES string of the molecule is CC(C)n1nnc2ccc3cnc(Nc4ccc(N5CCNCC5)nn4)nc3c21.Cl. The van der Waals surface area contributed by atoms with E-state index in [1.54, 1.807) is 6.20 Å². The Bertz CT molecular complexity index is 1150. The van der Waals surface area contributed by atoms with Crippen molar-refractivity contribution in [3.8, 4) is 0 Å². The predicted octanol–water partition coefficient (Wildman–Crippen LogP) is 2.32. The van der Waals surface area contributed by atoms with Gasteiger partial charge in [-0.1, -0.05) is 5.21 Å². The van der Waals surface area contributed by atoms with Gasteiger partial charge in [0.15, 0.2) is 11.6 Å². The second kappa shape index (κ2) is 8.33. The van der Waals surface area contributed by atoms with E-state index in [9.17, 15) is 0 Å². The molecule has 5 rings (SSSR count). The molecule has 0 amide bonds. The Morgan fingerprint density at radius 1 is 1.03 bits per heavy atom. The molecule has 11 heteroatoms. The molecule has 3 aromatic heterocycles. The third-order valence-electron chi connectivity index (χ3n) is 5.00. The number of hydrogen-bond donors (Lipinski definition) is 2. The maximum Gasteiger partial charge on any atom is 0.229 e. The van der Waals surface area contributed by atoms with Crippen LogP contribution in [-0.2, 0) is 0 Å². The van der Waals surface area contributed by atoms with E-state index in [0.29, 0.717) is 11.8 Å². The van der Waals surface area contributed by atoms with Crippen molar-refractivity contribution < 1.29 is 0 Å². The first-order valence-electron chi connectivity index (χ1n) is 9.76. The zero-order valence-corrected chi connectivity index (χ0v) is 17.6. The molecule has 1 fully saturated rings. The van der Waals surface area contributed by atoms with Gasteiger partial charge in [0.25, 0.3) is 0 Å². The first kappa shape index (κ1) is 20.2. The van der Waals surface area contributed by atoms with Gasteiger partial charge >= 0.3 is 0 Å². The molecule has 0 radical (unpaired) electrons. The molecule has 0 atom stereocenters. The van der Waals surface area contributed by atoms with Crippen molar-refractivity contribution in [3.63, 3.8) is 0 Å². The summed E-state index contributed by atoms with van der Waals surface area (Å²) >= 11 is 0. The number of piperazine rings is 1. The minimum absolute atomic E-state index is 0. The van der Waals surface area contributed by atoms with Gasteiger partial charge in [-0.15, -0.1) is 27.7 Å². The fourth-order valence-electron chi connectivity index (χ4n) is 3.51. The van der Waals surface area contributed by atoms with Crippen molar-refractivity contribution in [1.82, 2.24) is 40.5 Å². The molecule has 4 heterocycles. The van der Waals surface area contributed by atoms with Gasteiger partial charge in [0.05, 0.1) is 0 Å². The van der Waals surface area contributed by atoms with Crippen LogP contribution < -0.4 is 15.5 Å². The maximum atomic E-state index is 4.72. The summed E-state index contributed by atoms with van der Waals surface area (Å²) in [6.45, 7) is 7.93. The van der Waals surface area contributed by atoms with E-state index in [2.05, 4.69) is 54.9 Å². The average molecular weight is 427 g/mol. The molecular formula is C19H23ClN10. The van der Waals surface area contributed by atoms with E-state index >= 15 is 0 Å². The van der Waals surface area contributed by atoms with Gasteiger partial charge in [-0.25, -0.2) is 14.6 Å². The van der Waals surface area contributed by atoms with E-state index in [1.165, 1.54) is 0 Å². The number of fused-ring (bicyclic) bond motifs is 3. The second-order valence-electron chi connectivity index (χ2n) is 7.33. The van der Waals surface area contributed by atoms with Crippen molar-refractivity contribution in [3.05, 3.63) is 30.5 Å². The standard InChI is InChI=1S/C19H22N10.ClH/c1-12(2)29-18-14(24-27-29)4-3-13-11-21-19(23-17(13)18)22-15-5-6-16(26-25-15)28-9-7-20-8-10-28;/h3-6,11-12,20H,7-10H2,1-2H3,(H,21,22,23,25);1H. The van der Waals surface area contributed by atoms with Gasteiger partial charge in [0.1, 0.15) is 16.6 Å². The number of halogens is 1. The first-order valence-corrected chi connectivity index (χ1v) is 9.76. The monoisotopic (exact) mass is 426 g/mol. The van der Waals surface area contributed by atoms with Crippen LogP contribution >= 0.6 is 12.4 Å². The molecule has 1 aromatic carbocycles.